The summed E-state index contributed by atoms with van der Waals surface area (Å²) in [4.78, 5) is 23.0. The van der Waals surface area contributed by atoms with E-state index >= 15 is 0 Å². The van der Waals surface area contributed by atoms with Crippen LogP contribution in [0.1, 0.15) is 19.8 Å². The topological polar surface area (TPSA) is 116 Å². The van der Waals surface area contributed by atoms with E-state index in [1.807, 2.05) is 0 Å². The van der Waals surface area contributed by atoms with E-state index in [9.17, 15) is 19.8 Å². The number of nitrogens with one attached hydrogen (secondary N) is 1. The average molecular weight is 271 g/mol. The highest BCUT2D eigenvalue weighted by molar-refractivity contribution is 6.08. The van der Waals surface area contributed by atoms with Crippen molar-refractivity contribution in [2.45, 2.75) is 43.7 Å². The van der Waals surface area contributed by atoms with Gasteiger partial charge < -0.3 is 20.1 Å². The van der Waals surface area contributed by atoms with E-state index < -0.39 is 42.3 Å². The molecule has 4 atom stereocenters. The van der Waals surface area contributed by atoms with Crippen molar-refractivity contribution in [2.24, 2.45) is 0 Å². The molecule has 0 spiro atoms. The van der Waals surface area contributed by atoms with E-state index in [-0.39, 0.29) is 18.4 Å². The summed E-state index contributed by atoms with van der Waals surface area (Å²) in [5.74, 6) is -1.06. The highest BCUT2D eigenvalue weighted by Gasteiger charge is 2.56. The van der Waals surface area contributed by atoms with Crippen LogP contribution in [-0.2, 0) is 14.3 Å². The van der Waals surface area contributed by atoms with Gasteiger partial charge in [0.05, 0.1) is 6.61 Å². The second kappa shape index (κ2) is 5.01. The fourth-order valence-corrected chi connectivity index (χ4v) is 2.64. The molecular weight excluding hydrogens is 254 g/mol. The van der Waals surface area contributed by atoms with E-state index in [2.05, 4.69) is 5.32 Å². The van der Waals surface area contributed by atoms with Gasteiger partial charge in [-0.05, 0) is 6.42 Å². The minimum Gasteiger partial charge on any atom is -0.394 e. The lowest BCUT2D eigenvalue weighted by Gasteiger charge is -2.34. The Morgan fingerprint density at radius 3 is 2.63 bits per heavy atom. The molecule has 0 aliphatic carbocycles. The Labute approximate surface area is 109 Å². The van der Waals surface area contributed by atoms with Crippen molar-refractivity contribution < 1.29 is 29.6 Å². The smallest absolute Gasteiger partial charge is 0.256 e. The number of amides is 2. The van der Waals surface area contributed by atoms with Gasteiger partial charge in [0, 0.05) is 12.0 Å². The molecule has 0 aromatic rings. The Bertz CT molecular complexity index is 434. The van der Waals surface area contributed by atoms with Crippen LogP contribution in [0.5, 0.6) is 0 Å². The van der Waals surface area contributed by atoms with E-state index in [4.69, 9.17) is 9.84 Å². The van der Waals surface area contributed by atoms with Gasteiger partial charge in [0.25, 0.3) is 5.91 Å². The second-order valence-electron chi connectivity index (χ2n) is 4.72. The van der Waals surface area contributed by atoms with Gasteiger partial charge in [0.2, 0.25) is 5.91 Å². The van der Waals surface area contributed by atoms with Gasteiger partial charge in [0.1, 0.15) is 23.9 Å². The zero-order valence-corrected chi connectivity index (χ0v) is 10.5. The number of ether oxygens (including phenoxy) is 1. The zero-order chi connectivity index (χ0) is 14.2. The average Bonchev–Trinajstić information content (AvgIpc) is 2.64. The standard InChI is InChI=1S/C12H17NO6/c1-2-12(6-3-4-8(15)13-11(6)18)10(17)9(16)7(5-14)19-12/h3,7,9-10,14,16-17H,2,4-5H2,1H3,(H,13,15,18)/t7-,9-,10-,12-/m1/s1. The Hall–Kier alpha value is -1.28. The Balaban J connectivity index is 2.39. The maximum absolute atomic E-state index is 11.9. The minimum absolute atomic E-state index is 0.0127. The van der Waals surface area contributed by atoms with Crippen LogP contribution >= 0.6 is 0 Å². The highest BCUT2D eigenvalue weighted by atomic mass is 16.6. The molecule has 0 aromatic heterocycles. The number of imide groups is 1. The van der Waals surface area contributed by atoms with Crippen LogP contribution < -0.4 is 5.32 Å². The minimum atomic E-state index is -1.39. The first-order chi connectivity index (χ1) is 8.96. The van der Waals surface area contributed by atoms with E-state index in [1.165, 1.54) is 6.08 Å². The summed E-state index contributed by atoms with van der Waals surface area (Å²) in [6, 6.07) is 0. The lowest BCUT2D eigenvalue weighted by atomic mass is 9.82. The summed E-state index contributed by atoms with van der Waals surface area (Å²) in [5.41, 5.74) is -1.27. The monoisotopic (exact) mass is 271 g/mol. The predicted molar refractivity (Wildman–Crippen MR) is 62.8 cm³/mol. The third-order valence-electron chi connectivity index (χ3n) is 3.69. The summed E-state index contributed by atoms with van der Waals surface area (Å²) >= 11 is 0. The summed E-state index contributed by atoms with van der Waals surface area (Å²) in [6.45, 7) is 1.23. The first kappa shape index (κ1) is 14.1. The molecule has 2 aliphatic rings. The van der Waals surface area contributed by atoms with Gasteiger partial charge in [-0.15, -0.1) is 0 Å². The van der Waals surface area contributed by atoms with Crippen molar-refractivity contribution in [1.29, 1.82) is 0 Å². The van der Waals surface area contributed by atoms with E-state index in [0.717, 1.165) is 0 Å². The molecule has 7 heteroatoms. The number of carbonyl (C=O) groups excluding carboxylic acids is 2. The molecule has 0 radical (unpaired) electrons. The van der Waals surface area contributed by atoms with Crippen LogP contribution in [0.2, 0.25) is 0 Å². The highest BCUT2D eigenvalue weighted by Crippen LogP contribution is 2.40. The molecular formula is C12H17NO6. The lowest BCUT2D eigenvalue weighted by Crippen LogP contribution is -2.51. The summed E-state index contributed by atoms with van der Waals surface area (Å²) in [7, 11) is 0. The third kappa shape index (κ3) is 2.08. The van der Waals surface area contributed by atoms with E-state index in [0.29, 0.717) is 0 Å². The molecule has 4 N–H and O–H groups in total. The first-order valence-electron chi connectivity index (χ1n) is 6.16. The Morgan fingerprint density at radius 1 is 1.47 bits per heavy atom. The number of rotatable bonds is 3. The fourth-order valence-electron chi connectivity index (χ4n) is 2.64. The molecule has 0 saturated carbocycles. The van der Waals surface area contributed by atoms with Crippen LogP contribution in [-0.4, -0.2) is 57.7 Å². The van der Waals surface area contributed by atoms with Crippen LogP contribution in [0, 0.1) is 0 Å². The van der Waals surface area contributed by atoms with Crippen LogP contribution in [0.4, 0.5) is 0 Å². The number of aliphatic hydroxyl groups is 3. The van der Waals surface area contributed by atoms with Gasteiger partial charge in [0.15, 0.2) is 0 Å². The molecule has 0 unspecified atom stereocenters. The number of hydrogen-bond acceptors (Lipinski definition) is 6. The Kier molecular flexibility index (Phi) is 3.73. The predicted octanol–water partition coefficient (Wildman–Crippen LogP) is -1.78. The van der Waals surface area contributed by atoms with Gasteiger partial charge in [-0.1, -0.05) is 13.0 Å². The normalized spacial score (nSPS) is 39.2. The van der Waals surface area contributed by atoms with Gasteiger partial charge >= 0.3 is 0 Å². The maximum atomic E-state index is 11.9. The largest absolute Gasteiger partial charge is 0.394 e. The molecule has 2 aliphatic heterocycles. The molecule has 2 heterocycles. The number of hydrogen-bond donors (Lipinski definition) is 4. The van der Waals surface area contributed by atoms with Gasteiger partial charge in [-0.3, -0.25) is 14.9 Å². The molecule has 2 amide bonds. The molecule has 19 heavy (non-hydrogen) atoms. The van der Waals surface area contributed by atoms with Crippen molar-refractivity contribution in [1.82, 2.24) is 5.32 Å². The molecule has 1 saturated heterocycles. The summed E-state index contributed by atoms with van der Waals surface area (Å²) in [5, 5.41) is 31.3. The zero-order valence-electron chi connectivity index (χ0n) is 10.5. The van der Waals surface area contributed by atoms with Crippen molar-refractivity contribution in [3.63, 3.8) is 0 Å². The molecule has 1 fully saturated rings. The quantitative estimate of drug-likeness (QED) is 0.451. The Morgan fingerprint density at radius 2 is 2.16 bits per heavy atom. The van der Waals surface area contributed by atoms with Crippen molar-refractivity contribution >= 4 is 11.8 Å². The first-order valence-corrected chi connectivity index (χ1v) is 6.16. The second-order valence-corrected chi connectivity index (χ2v) is 4.72. The molecule has 0 aromatic carbocycles. The van der Waals surface area contributed by atoms with E-state index in [1.54, 1.807) is 6.92 Å². The molecule has 2 rings (SSSR count). The van der Waals surface area contributed by atoms with Crippen molar-refractivity contribution in [3.8, 4) is 0 Å². The van der Waals surface area contributed by atoms with Crippen molar-refractivity contribution in [2.75, 3.05) is 6.61 Å². The molecule has 0 bridgehead atoms. The van der Waals surface area contributed by atoms with Crippen molar-refractivity contribution in [3.05, 3.63) is 11.6 Å². The van der Waals surface area contributed by atoms with Gasteiger partial charge in [-0.25, -0.2) is 0 Å². The van der Waals surface area contributed by atoms with Crippen LogP contribution in [0.15, 0.2) is 11.6 Å². The maximum Gasteiger partial charge on any atom is 0.256 e. The summed E-state index contributed by atoms with van der Waals surface area (Å²) in [6.07, 6.45) is -1.92. The van der Waals surface area contributed by atoms with Crippen LogP contribution in [0.3, 0.4) is 0 Å². The number of carbonyl (C=O) groups is 2. The summed E-state index contributed by atoms with van der Waals surface area (Å²) < 4.78 is 5.53. The molecule has 7 nitrogen and oxygen atoms in total. The molecule has 106 valence electrons. The lowest BCUT2D eigenvalue weighted by molar-refractivity contribution is -0.133. The fraction of sp³-hybridized carbons (Fsp3) is 0.667. The van der Waals surface area contributed by atoms with Crippen LogP contribution in [0.25, 0.3) is 0 Å². The third-order valence-corrected chi connectivity index (χ3v) is 3.69. The number of aliphatic hydroxyl groups excluding tert-OH is 3. The van der Waals surface area contributed by atoms with Gasteiger partial charge in [-0.2, -0.15) is 0 Å². The SMILES string of the molecule is CC[C@]1(C2=CCC(=O)NC2=O)O[C@H](CO)[C@@H](O)[C@H]1O.